The fourth-order valence-corrected chi connectivity index (χ4v) is 1.63. The Hall–Kier alpha value is -1.24. The Kier molecular flexibility index (Phi) is 5.01. The number of nitriles is 1. The lowest BCUT2D eigenvalue weighted by molar-refractivity contribution is 0.188. The molecule has 0 spiro atoms. The monoisotopic (exact) mass is 267 g/mol. The van der Waals surface area contributed by atoms with Crippen molar-refractivity contribution in [3.63, 3.8) is 0 Å². The number of hydrogen-bond acceptors (Lipinski definition) is 3. The van der Waals surface area contributed by atoms with Gasteiger partial charge < -0.3 is 9.84 Å². The molecule has 0 radical (unpaired) electrons. The molecule has 0 unspecified atom stereocenters. The van der Waals surface area contributed by atoms with Crippen molar-refractivity contribution in [3.05, 3.63) is 28.8 Å². The lowest BCUT2D eigenvalue weighted by Crippen LogP contribution is -2.13. The smallest absolute Gasteiger partial charge is 0.125 e. The molecule has 0 bridgehead atoms. The van der Waals surface area contributed by atoms with Crippen LogP contribution in [0.15, 0.2) is 18.2 Å². The average molecular weight is 268 g/mol. The molecule has 1 atom stereocenters. The Bertz CT molecular complexity index is 450. The minimum atomic E-state index is -0.636. The van der Waals surface area contributed by atoms with Gasteiger partial charge in [0.2, 0.25) is 0 Å². The molecule has 1 rings (SSSR count). The number of nitrogens with zero attached hydrogens (tertiary/aromatic N) is 1. The van der Waals surface area contributed by atoms with Crippen molar-refractivity contribution in [1.29, 1.82) is 5.26 Å². The Morgan fingerprint density at radius 3 is 2.72 bits per heavy atom. The Morgan fingerprint density at radius 2 is 2.17 bits per heavy atom. The van der Waals surface area contributed by atoms with Crippen molar-refractivity contribution in [3.8, 4) is 11.8 Å². The number of aliphatic hydroxyl groups is 1. The first kappa shape index (κ1) is 14.8. The number of aliphatic hydroxyl groups excluding tert-OH is 1. The Morgan fingerprint density at radius 1 is 1.50 bits per heavy atom. The number of rotatable bonds is 5. The van der Waals surface area contributed by atoms with Gasteiger partial charge >= 0.3 is 0 Å². The molecule has 0 amide bonds. The molecule has 4 heteroatoms. The molecule has 18 heavy (non-hydrogen) atoms. The van der Waals surface area contributed by atoms with Crippen LogP contribution in [0.5, 0.6) is 5.75 Å². The van der Waals surface area contributed by atoms with Crippen molar-refractivity contribution in [2.24, 2.45) is 5.41 Å². The first-order valence-electron chi connectivity index (χ1n) is 5.87. The maximum atomic E-state index is 9.64. The third kappa shape index (κ3) is 4.21. The molecule has 1 N–H and O–H groups in total. The van der Waals surface area contributed by atoms with Crippen molar-refractivity contribution in [2.75, 3.05) is 6.61 Å². The highest BCUT2D eigenvalue weighted by Gasteiger charge is 2.17. The zero-order chi connectivity index (χ0) is 13.8. The summed E-state index contributed by atoms with van der Waals surface area (Å²) in [4.78, 5) is 0. The maximum Gasteiger partial charge on any atom is 0.125 e. The quantitative estimate of drug-likeness (QED) is 0.885. The van der Waals surface area contributed by atoms with E-state index in [1.807, 2.05) is 13.8 Å². The molecule has 0 fully saturated rings. The van der Waals surface area contributed by atoms with E-state index in [1.54, 1.807) is 25.1 Å². The van der Waals surface area contributed by atoms with E-state index in [1.165, 1.54) is 0 Å². The summed E-state index contributed by atoms with van der Waals surface area (Å²) in [6, 6.07) is 7.38. The van der Waals surface area contributed by atoms with Crippen LogP contribution in [0.25, 0.3) is 0 Å². The molecule has 0 aliphatic heterocycles. The minimum Gasteiger partial charge on any atom is -0.493 e. The van der Waals surface area contributed by atoms with E-state index in [-0.39, 0.29) is 0 Å². The number of benzene rings is 1. The summed E-state index contributed by atoms with van der Waals surface area (Å²) < 4.78 is 5.62. The van der Waals surface area contributed by atoms with E-state index in [2.05, 4.69) is 6.07 Å². The molecule has 0 heterocycles. The van der Waals surface area contributed by atoms with Crippen LogP contribution in [0, 0.1) is 16.7 Å². The van der Waals surface area contributed by atoms with Crippen LogP contribution in [0.4, 0.5) is 0 Å². The molecule has 98 valence electrons. The summed E-state index contributed by atoms with van der Waals surface area (Å²) in [5, 5.41) is 19.1. The molecule has 0 aliphatic carbocycles. The van der Waals surface area contributed by atoms with Gasteiger partial charge in [-0.3, -0.25) is 0 Å². The predicted octanol–water partition coefficient (Wildman–Crippen LogP) is 3.71. The zero-order valence-electron chi connectivity index (χ0n) is 10.9. The van der Waals surface area contributed by atoms with Gasteiger partial charge in [-0.1, -0.05) is 11.6 Å². The average Bonchev–Trinajstić information content (AvgIpc) is 2.30. The molecule has 1 aromatic carbocycles. The largest absolute Gasteiger partial charge is 0.493 e. The van der Waals surface area contributed by atoms with Crippen molar-refractivity contribution in [1.82, 2.24) is 0 Å². The SMILES string of the molecule is C[C@@H](O)c1cc(Cl)ccc1OCCC(C)(C)C#N. The number of ether oxygens (including phenoxy) is 1. The van der Waals surface area contributed by atoms with Gasteiger partial charge in [-0.15, -0.1) is 0 Å². The van der Waals surface area contributed by atoms with E-state index in [9.17, 15) is 5.11 Å². The summed E-state index contributed by atoms with van der Waals surface area (Å²) in [5.41, 5.74) is 0.259. The van der Waals surface area contributed by atoms with E-state index < -0.39 is 11.5 Å². The molecular weight excluding hydrogens is 250 g/mol. The molecule has 0 aromatic heterocycles. The van der Waals surface area contributed by atoms with Gasteiger partial charge in [0, 0.05) is 10.6 Å². The molecule has 1 aromatic rings. The van der Waals surface area contributed by atoms with Crippen LogP contribution in [-0.2, 0) is 0 Å². The number of halogens is 1. The summed E-state index contributed by atoms with van der Waals surface area (Å²) in [7, 11) is 0. The summed E-state index contributed by atoms with van der Waals surface area (Å²) in [5.74, 6) is 0.614. The third-order valence-corrected chi connectivity index (χ3v) is 2.94. The van der Waals surface area contributed by atoms with E-state index in [4.69, 9.17) is 21.6 Å². The molecule has 0 saturated carbocycles. The van der Waals surface area contributed by atoms with Crippen LogP contribution in [0.3, 0.4) is 0 Å². The van der Waals surface area contributed by atoms with Gasteiger partial charge in [-0.25, -0.2) is 0 Å². The third-order valence-electron chi connectivity index (χ3n) is 2.71. The predicted molar refractivity (Wildman–Crippen MR) is 71.6 cm³/mol. The van der Waals surface area contributed by atoms with Gasteiger partial charge in [0.1, 0.15) is 5.75 Å². The molecule has 0 aliphatic rings. The first-order chi connectivity index (χ1) is 8.35. The van der Waals surface area contributed by atoms with Gasteiger partial charge in [0.05, 0.1) is 24.2 Å². The van der Waals surface area contributed by atoms with Gasteiger partial charge in [-0.05, 0) is 45.4 Å². The summed E-state index contributed by atoms with van der Waals surface area (Å²) >= 11 is 5.88. The topological polar surface area (TPSA) is 53.2 Å². The fourth-order valence-electron chi connectivity index (χ4n) is 1.45. The van der Waals surface area contributed by atoms with Crippen LogP contribution < -0.4 is 4.74 Å². The highest BCUT2D eigenvalue weighted by molar-refractivity contribution is 6.30. The number of hydrogen-bond donors (Lipinski definition) is 1. The highest BCUT2D eigenvalue weighted by atomic mass is 35.5. The van der Waals surface area contributed by atoms with E-state index in [0.29, 0.717) is 29.4 Å². The minimum absolute atomic E-state index is 0.405. The van der Waals surface area contributed by atoms with Gasteiger partial charge in [0.15, 0.2) is 0 Å². The van der Waals surface area contributed by atoms with Gasteiger partial charge in [0.25, 0.3) is 0 Å². The molecule has 0 saturated heterocycles. The van der Waals surface area contributed by atoms with Crippen LogP contribution in [-0.4, -0.2) is 11.7 Å². The van der Waals surface area contributed by atoms with Crippen molar-refractivity contribution in [2.45, 2.75) is 33.3 Å². The maximum absolute atomic E-state index is 9.64. The van der Waals surface area contributed by atoms with E-state index in [0.717, 1.165) is 0 Å². The Balaban J connectivity index is 2.71. The second kappa shape index (κ2) is 6.08. The fraction of sp³-hybridized carbons (Fsp3) is 0.500. The van der Waals surface area contributed by atoms with Crippen LogP contribution in [0.2, 0.25) is 5.02 Å². The van der Waals surface area contributed by atoms with Crippen LogP contribution >= 0.6 is 11.6 Å². The molecule has 3 nitrogen and oxygen atoms in total. The normalized spacial score (nSPS) is 12.9. The second-order valence-electron chi connectivity index (χ2n) is 4.95. The second-order valence-corrected chi connectivity index (χ2v) is 5.39. The van der Waals surface area contributed by atoms with Gasteiger partial charge in [-0.2, -0.15) is 5.26 Å². The first-order valence-corrected chi connectivity index (χ1v) is 6.25. The van der Waals surface area contributed by atoms with Crippen molar-refractivity contribution < 1.29 is 9.84 Å². The lowest BCUT2D eigenvalue weighted by atomic mass is 9.92. The van der Waals surface area contributed by atoms with E-state index >= 15 is 0 Å². The van der Waals surface area contributed by atoms with Crippen LogP contribution in [0.1, 0.15) is 38.9 Å². The Labute approximate surface area is 113 Å². The summed E-state index contributed by atoms with van der Waals surface area (Å²) in [6.45, 7) is 5.83. The molecular formula is C14H18ClNO2. The van der Waals surface area contributed by atoms with Crippen molar-refractivity contribution >= 4 is 11.6 Å². The summed E-state index contributed by atoms with van der Waals surface area (Å²) in [6.07, 6.45) is -0.00608. The standard InChI is InChI=1S/C14H18ClNO2/c1-10(17)12-8-11(15)4-5-13(12)18-7-6-14(2,3)9-16/h4-5,8,10,17H,6-7H2,1-3H3/t10-/m1/s1. The zero-order valence-corrected chi connectivity index (χ0v) is 11.7. The lowest BCUT2D eigenvalue weighted by Gasteiger charge is -2.17. The highest BCUT2D eigenvalue weighted by Crippen LogP contribution is 2.29.